The van der Waals surface area contributed by atoms with Crippen molar-refractivity contribution in [2.45, 2.75) is 20.8 Å². The second-order valence-electron chi connectivity index (χ2n) is 5.40. The highest BCUT2D eigenvalue weighted by atomic mass is 15.0. The molecule has 2 heterocycles. The molecular formula is C21H21N5. The summed E-state index contributed by atoms with van der Waals surface area (Å²) in [5.41, 5.74) is 4.56. The van der Waals surface area contributed by atoms with Crippen LogP contribution in [-0.2, 0) is 0 Å². The molecule has 0 atom stereocenters. The number of rotatable bonds is 6. The molecule has 0 aromatic carbocycles. The van der Waals surface area contributed by atoms with E-state index >= 15 is 0 Å². The first kappa shape index (κ1) is 18.8. The van der Waals surface area contributed by atoms with Crippen molar-refractivity contribution in [2.75, 3.05) is 5.32 Å². The lowest BCUT2D eigenvalue weighted by atomic mass is 10.1. The van der Waals surface area contributed by atoms with Crippen molar-refractivity contribution < 1.29 is 0 Å². The average molecular weight is 343 g/mol. The van der Waals surface area contributed by atoms with Gasteiger partial charge in [-0.25, -0.2) is 4.98 Å². The first-order chi connectivity index (χ1) is 12.6. The lowest BCUT2D eigenvalue weighted by molar-refractivity contribution is 1.17. The summed E-state index contributed by atoms with van der Waals surface area (Å²) in [6.45, 7) is 9.55. The Morgan fingerprint density at radius 1 is 1.31 bits per heavy atom. The van der Waals surface area contributed by atoms with Crippen molar-refractivity contribution in [3.63, 3.8) is 0 Å². The molecule has 0 radical (unpaired) electrons. The van der Waals surface area contributed by atoms with Gasteiger partial charge in [-0.05, 0) is 45.0 Å². The van der Waals surface area contributed by atoms with E-state index in [-0.39, 0.29) is 0 Å². The number of hydrogen-bond acceptors (Lipinski definition) is 5. The Kier molecular flexibility index (Phi) is 6.58. The molecule has 0 fully saturated rings. The second-order valence-corrected chi connectivity index (χ2v) is 5.40. The van der Waals surface area contributed by atoms with Crippen LogP contribution in [0.3, 0.4) is 0 Å². The molecular weight excluding hydrogens is 322 g/mol. The predicted molar refractivity (Wildman–Crippen MR) is 111 cm³/mol. The van der Waals surface area contributed by atoms with E-state index in [9.17, 15) is 0 Å². The highest BCUT2D eigenvalue weighted by Gasteiger charge is 2.12. The number of nitrogens with one attached hydrogen (secondary N) is 1. The molecule has 0 spiro atoms. The van der Waals surface area contributed by atoms with Gasteiger partial charge in [-0.15, -0.1) is 0 Å². The van der Waals surface area contributed by atoms with Gasteiger partial charge in [-0.1, -0.05) is 25.1 Å². The van der Waals surface area contributed by atoms with Crippen LogP contribution in [-0.4, -0.2) is 21.9 Å². The molecule has 0 aliphatic heterocycles. The number of anilines is 1. The first-order valence-corrected chi connectivity index (χ1v) is 8.11. The molecule has 0 amide bonds. The standard InChI is InChI=1S/C21H21N5/c1-6-17-19(25-16(5)12-13-22-7-2)14-20(26-21(17)23-8-3)18-11-9-10-15(4)24-18/h3,6-7,9-14H,1H2,2,4-5H3,(H,23,26)/b13-12-,22-7?,25-16?. The molecule has 0 unspecified atom stereocenters. The van der Waals surface area contributed by atoms with Crippen LogP contribution in [0.5, 0.6) is 0 Å². The van der Waals surface area contributed by atoms with Crippen LogP contribution < -0.4 is 5.32 Å². The van der Waals surface area contributed by atoms with Crippen LogP contribution in [0.15, 0.2) is 53.1 Å². The summed E-state index contributed by atoms with van der Waals surface area (Å²) >= 11 is 0. The van der Waals surface area contributed by atoms with E-state index in [0.717, 1.165) is 22.7 Å². The van der Waals surface area contributed by atoms with Gasteiger partial charge in [0, 0.05) is 35.4 Å². The molecule has 130 valence electrons. The Hall–Kier alpha value is -3.52. The van der Waals surface area contributed by atoms with Gasteiger partial charge in [0.15, 0.2) is 0 Å². The predicted octanol–water partition coefficient (Wildman–Crippen LogP) is 4.79. The van der Waals surface area contributed by atoms with Crippen LogP contribution >= 0.6 is 0 Å². The molecule has 2 aromatic heterocycles. The molecule has 2 aromatic rings. The number of terminal acetylenes is 1. The number of aromatic nitrogens is 2. The minimum absolute atomic E-state index is 0.519. The van der Waals surface area contributed by atoms with Crippen molar-refractivity contribution in [1.82, 2.24) is 9.97 Å². The van der Waals surface area contributed by atoms with Gasteiger partial charge in [-0.2, -0.15) is 0 Å². The van der Waals surface area contributed by atoms with E-state index in [1.54, 1.807) is 18.5 Å². The third-order valence-electron chi connectivity index (χ3n) is 3.43. The zero-order chi connectivity index (χ0) is 18.9. The van der Waals surface area contributed by atoms with Crippen LogP contribution in [0.1, 0.15) is 25.1 Å². The molecule has 0 aliphatic carbocycles. The maximum absolute atomic E-state index is 5.42. The Morgan fingerprint density at radius 2 is 2.12 bits per heavy atom. The number of allylic oxidation sites excluding steroid dienone is 1. The van der Waals surface area contributed by atoms with E-state index in [2.05, 4.69) is 37.9 Å². The minimum Gasteiger partial charge on any atom is -0.299 e. The monoisotopic (exact) mass is 343 g/mol. The Bertz CT molecular complexity index is 930. The summed E-state index contributed by atoms with van der Waals surface area (Å²) in [5.74, 6) is 0.519. The Labute approximate surface area is 154 Å². The normalized spacial score (nSPS) is 11.7. The van der Waals surface area contributed by atoms with Crippen molar-refractivity contribution in [2.24, 2.45) is 9.98 Å². The molecule has 0 saturated carbocycles. The smallest absolute Gasteiger partial charge is 0.147 e. The maximum Gasteiger partial charge on any atom is 0.147 e. The third-order valence-corrected chi connectivity index (χ3v) is 3.43. The number of aryl methyl sites for hydroxylation is 1. The fourth-order valence-corrected chi connectivity index (χ4v) is 2.28. The molecule has 2 rings (SSSR count). The van der Waals surface area contributed by atoms with Gasteiger partial charge in [0.25, 0.3) is 0 Å². The largest absolute Gasteiger partial charge is 0.299 e. The quantitative estimate of drug-likeness (QED) is 0.466. The van der Waals surface area contributed by atoms with E-state index in [1.165, 1.54) is 0 Å². The van der Waals surface area contributed by atoms with Crippen molar-refractivity contribution >= 4 is 29.5 Å². The minimum atomic E-state index is 0.519. The van der Waals surface area contributed by atoms with Crippen LogP contribution in [0.25, 0.3) is 17.5 Å². The summed E-state index contributed by atoms with van der Waals surface area (Å²) in [5, 5.41) is 2.82. The zero-order valence-electron chi connectivity index (χ0n) is 15.2. The van der Waals surface area contributed by atoms with Gasteiger partial charge in [0.2, 0.25) is 0 Å². The molecule has 5 heteroatoms. The van der Waals surface area contributed by atoms with Crippen LogP contribution in [0.4, 0.5) is 11.5 Å². The van der Waals surface area contributed by atoms with E-state index in [1.807, 2.05) is 51.1 Å². The fraction of sp³-hybridized carbons (Fsp3) is 0.143. The van der Waals surface area contributed by atoms with Gasteiger partial charge in [0.1, 0.15) is 5.82 Å². The first-order valence-electron chi connectivity index (χ1n) is 8.11. The van der Waals surface area contributed by atoms with Crippen LogP contribution in [0.2, 0.25) is 0 Å². The Morgan fingerprint density at radius 3 is 2.77 bits per heavy atom. The number of nitrogens with zero attached hydrogens (tertiary/aromatic N) is 4. The lowest BCUT2D eigenvalue weighted by Gasteiger charge is -2.11. The number of pyridine rings is 2. The Balaban J connectivity index is 2.63. The molecule has 5 nitrogen and oxygen atoms in total. The van der Waals surface area contributed by atoms with Crippen molar-refractivity contribution in [1.29, 1.82) is 0 Å². The fourth-order valence-electron chi connectivity index (χ4n) is 2.28. The average Bonchev–Trinajstić information content (AvgIpc) is 2.62. The summed E-state index contributed by atoms with van der Waals surface area (Å²) in [4.78, 5) is 17.8. The topological polar surface area (TPSA) is 62.5 Å². The summed E-state index contributed by atoms with van der Waals surface area (Å²) in [6.07, 6.45) is 12.3. The summed E-state index contributed by atoms with van der Waals surface area (Å²) in [6, 6.07) is 10.1. The molecule has 0 bridgehead atoms. The molecule has 0 saturated heterocycles. The SMILES string of the molecule is C#CNc1nc(-c2cccc(C)n2)cc(N=C(C)/C=C\N=CC)c1C=C. The zero-order valence-corrected chi connectivity index (χ0v) is 15.2. The summed E-state index contributed by atoms with van der Waals surface area (Å²) < 4.78 is 0. The van der Waals surface area contributed by atoms with Crippen molar-refractivity contribution in [3.8, 4) is 23.9 Å². The van der Waals surface area contributed by atoms with E-state index in [0.29, 0.717) is 17.2 Å². The van der Waals surface area contributed by atoms with Gasteiger partial charge in [0.05, 0.1) is 17.1 Å². The highest BCUT2D eigenvalue weighted by Crippen LogP contribution is 2.31. The van der Waals surface area contributed by atoms with Gasteiger partial charge < -0.3 is 0 Å². The van der Waals surface area contributed by atoms with E-state index < -0.39 is 0 Å². The number of aliphatic imine (C=N–C) groups is 2. The molecule has 26 heavy (non-hydrogen) atoms. The molecule has 0 aliphatic rings. The van der Waals surface area contributed by atoms with Crippen molar-refractivity contribution in [3.05, 3.63) is 54.4 Å². The van der Waals surface area contributed by atoms with Crippen LogP contribution in [0, 0.1) is 19.4 Å². The number of hydrogen-bond donors (Lipinski definition) is 1. The van der Waals surface area contributed by atoms with Gasteiger partial charge >= 0.3 is 0 Å². The highest BCUT2D eigenvalue weighted by molar-refractivity contribution is 5.96. The van der Waals surface area contributed by atoms with Gasteiger partial charge in [-0.3, -0.25) is 20.3 Å². The van der Waals surface area contributed by atoms with E-state index in [4.69, 9.17) is 6.42 Å². The summed E-state index contributed by atoms with van der Waals surface area (Å²) in [7, 11) is 0. The maximum atomic E-state index is 5.42. The third kappa shape index (κ3) is 4.74. The molecule has 1 N–H and O–H groups in total. The second kappa shape index (κ2) is 9.09. The lowest BCUT2D eigenvalue weighted by Crippen LogP contribution is -1.99.